The first kappa shape index (κ1) is 36.5. The molecule has 4 aliphatic rings. The van der Waals surface area contributed by atoms with Crippen molar-refractivity contribution >= 4 is 21.5 Å². The van der Waals surface area contributed by atoms with Crippen molar-refractivity contribution < 1.29 is 0 Å². The molecule has 4 bridgehead atoms. The van der Waals surface area contributed by atoms with E-state index in [9.17, 15) is 5.26 Å². The van der Waals surface area contributed by atoms with Gasteiger partial charge in [-0.1, -0.05) is 109 Å². The van der Waals surface area contributed by atoms with Gasteiger partial charge in [-0.2, -0.15) is 5.26 Å². The minimum atomic E-state index is 0.122. The van der Waals surface area contributed by atoms with E-state index in [-0.39, 0.29) is 10.8 Å². The maximum Gasteiger partial charge on any atom is 0.164 e. The van der Waals surface area contributed by atoms with Gasteiger partial charge in [0.25, 0.3) is 0 Å². The molecule has 0 aliphatic heterocycles. The molecule has 6 heteroatoms. The van der Waals surface area contributed by atoms with Crippen LogP contribution in [0.15, 0.2) is 170 Å². The Morgan fingerprint density at radius 2 is 0.806 bits per heavy atom. The van der Waals surface area contributed by atoms with E-state index in [2.05, 4.69) is 125 Å². The van der Waals surface area contributed by atoms with Gasteiger partial charge in [-0.3, -0.25) is 9.97 Å². The lowest BCUT2D eigenvalue weighted by Crippen LogP contribution is -2.56. The predicted octanol–water partition coefficient (Wildman–Crippen LogP) is 13.0. The van der Waals surface area contributed by atoms with Gasteiger partial charge in [0.15, 0.2) is 17.5 Å². The van der Waals surface area contributed by atoms with Crippen LogP contribution in [-0.2, 0) is 10.8 Å². The van der Waals surface area contributed by atoms with Gasteiger partial charge in [-0.15, -0.1) is 0 Å². The molecule has 0 radical (unpaired) electrons. The van der Waals surface area contributed by atoms with Gasteiger partial charge in [0.05, 0.1) is 11.6 Å². The quantitative estimate of drug-likeness (QED) is 0.160. The number of rotatable bonds is 7. The second kappa shape index (κ2) is 14.4. The Hall–Kier alpha value is -7.36. The van der Waals surface area contributed by atoms with Gasteiger partial charge in [0, 0.05) is 41.5 Å². The molecule has 6 aromatic carbocycles. The Balaban J connectivity index is 0.915. The Kier molecular flexibility index (Phi) is 8.47. The van der Waals surface area contributed by atoms with Gasteiger partial charge in [0.1, 0.15) is 0 Å². The molecule has 6 nitrogen and oxygen atoms in total. The van der Waals surface area contributed by atoms with E-state index in [0.29, 0.717) is 34.9 Å². The van der Waals surface area contributed by atoms with Crippen molar-refractivity contribution in [3.05, 3.63) is 187 Å². The van der Waals surface area contributed by atoms with Crippen LogP contribution in [0.25, 0.3) is 78.0 Å². The highest BCUT2D eigenvalue weighted by Crippen LogP contribution is 2.67. The standard InChI is InChI=1S/C56H42N6/c57-34-36-9-11-39(12-10-36)44-17-19-50(48-7-3-1-5-46(44)48)55-30-37-29-38(31-55)33-56(32-37,35-55)51-20-18-45(47-6-2-4-8-49(47)51)40-13-15-41(16-14-40)52-60-53(42-21-25-58-26-22-42)62-54(61-52)43-23-27-59-28-24-43/h1-28,37-38H,29-33,35H2. The van der Waals surface area contributed by atoms with Gasteiger partial charge < -0.3 is 0 Å². The molecule has 2 atom stereocenters. The largest absolute Gasteiger partial charge is 0.265 e. The number of hydrogen-bond donors (Lipinski definition) is 0. The van der Waals surface area contributed by atoms with E-state index in [0.717, 1.165) is 22.3 Å². The molecule has 9 aromatic rings. The summed E-state index contributed by atoms with van der Waals surface area (Å²) in [4.78, 5) is 23.1. The number of benzene rings is 6. The van der Waals surface area contributed by atoms with Crippen LogP contribution in [0.2, 0.25) is 0 Å². The first-order valence-corrected chi connectivity index (χ1v) is 21.8. The highest BCUT2D eigenvalue weighted by atomic mass is 15.0. The van der Waals surface area contributed by atoms with E-state index < -0.39 is 0 Å². The summed E-state index contributed by atoms with van der Waals surface area (Å²) in [6.45, 7) is 0. The topological polar surface area (TPSA) is 88.2 Å². The average Bonchev–Trinajstić information content (AvgIpc) is 3.33. The monoisotopic (exact) mass is 798 g/mol. The van der Waals surface area contributed by atoms with Gasteiger partial charge in [-0.25, -0.2) is 15.0 Å². The molecule has 62 heavy (non-hydrogen) atoms. The van der Waals surface area contributed by atoms with Crippen molar-refractivity contribution in [2.45, 2.75) is 49.4 Å². The van der Waals surface area contributed by atoms with Crippen LogP contribution in [0.4, 0.5) is 0 Å². The Bertz CT molecular complexity index is 3140. The Labute approximate surface area is 361 Å². The fourth-order valence-electron chi connectivity index (χ4n) is 12.2. The molecule has 4 fully saturated rings. The molecule has 4 aliphatic carbocycles. The molecule has 296 valence electrons. The zero-order valence-electron chi connectivity index (χ0n) is 34.2. The van der Waals surface area contributed by atoms with E-state index in [4.69, 9.17) is 15.0 Å². The molecule has 4 saturated carbocycles. The maximum atomic E-state index is 9.44. The first-order chi connectivity index (χ1) is 30.5. The van der Waals surface area contributed by atoms with Crippen LogP contribution < -0.4 is 0 Å². The highest BCUT2D eigenvalue weighted by molar-refractivity contribution is 6.00. The normalized spacial score (nSPS) is 21.3. The average molecular weight is 799 g/mol. The molecule has 0 N–H and O–H groups in total. The summed E-state index contributed by atoms with van der Waals surface area (Å²) in [5.74, 6) is 3.27. The number of aromatic nitrogens is 5. The van der Waals surface area contributed by atoms with E-state index >= 15 is 0 Å². The molecule has 3 aromatic heterocycles. The minimum Gasteiger partial charge on any atom is -0.265 e. The third kappa shape index (κ3) is 6.02. The summed E-state index contributed by atoms with van der Waals surface area (Å²) < 4.78 is 0. The molecule has 2 unspecified atom stereocenters. The summed E-state index contributed by atoms with van der Waals surface area (Å²) in [5.41, 5.74) is 11.5. The van der Waals surface area contributed by atoms with E-state index in [1.54, 1.807) is 24.8 Å². The van der Waals surface area contributed by atoms with Gasteiger partial charge >= 0.3 is 0 Å². The number of nitriles is 1. The van der Waals surface area contributed by atoms with Crippen LogP contribution in [0, 0.1) is 23.2 Å². The fourth-order valence-corrected chi connectivity index (χ4v) is 12.2. The second-order valence-electron chi connectivity index (χ2n) is 18.0. The SMILES string of the molecule is N#Cc1ccc(-c2ccc(C34CC5CC(C3)CC(c3ccc(-c6ccc(-c7nc(-c8ccncc8)nc(-c8ccncc8)n7)cc6)c6ccccc36)(C5)C4)c3ccccc23)cc1. The predicted molar refractivity (Wildman–Crippen MR) is 247 cm³/mol. The molecule has 0 spiro atoms. The van der Waals surface area contributed by atoms with Crippen molar-refractivity contribution in [2.24, 2.45) is 11.8 Å². The molecule has 13 rings (SSSR count). The van der Waals surface area contributed by atoms with Crippen LogP contribution in [0.1, 0.15) is 55.2 Å². The Morgan fingerprint density at radius 1 is 0.419 bits per heavy atom. The number of nitrogens with zero attached hydrogens (tertiary/aromatic N) is 6. The van der Waals surface area contributed by atoms with Crippen LogP contribution in [-0.4, -0.2) is 24.9 Å². The zero-order valence-corrected chi connectivity index (χ0v) is 34.2. The summed E-state index contributed by atoms with van der Waals surface area (Å²) >= 11 is 0. The van der Waals surface area contributed by atoms with E-state index in [1.165, 1.54) is 87.9 Å². The molecular formula is C56H42N6. The van der Waals surface area contributed by atoms with E-state index in [1.807, 2.05) is 36.4 Å². The lowest BCUT2D eigenvalue weighted by Gasteiger charge is -2.63. The third-order valence-corrected chi connectivity index (χ3v) is 14.3. The van der Waals surface area contributed by atoms with Gasteiger partial charge in [-0.05, 0) is 153 Å². The first-order valence-electron chi connectivity index (χ1n) is 21.8. The summed E-state index contributed by atoms with van der Waals surface area (Å²) in [6, 6.07) is 54.6. The van der Waals surface area contributed by atoms with Crippen molar-refractivity contribution in [3.63, 3.8) is 0 Å². The summed E-state index contributed by atoms with van der Waals surface area (Å²) in [7, 11) is 0. The molecule has 3 heterocycles. The number of pyridine rings is 2. The van der Waals surface area contributed by atoms with Crippen LogP contribution >= 0.6 is 0 Å². The third-order valence-electron chi connectivity index (χ3n) is 14.3. The molecular weight excluding hydrogens is 757 g/mol. The second-order valence-corrected chi connectivity index (χ2v) is 18.0. The van der Waals surface area contributed by atoms with Crippen molar-refractivity contribution in [1.82, 2.24) is 24.9 Å². The lowest BCUT2D eigenvalue weighted by atomic mass is 9.41. The summed E-state index contributed by atoms with van der Waals surface area (Å²) in [6.07, 6.45) is 14.6. The number of hydrogen-bond acceptors (Lipinski definition) is 6. The van der Waals surface area contributed by atoms with Crippen LogP contribution in [0.5, 0.6) is 0 Å². The fraction of sp³-hybridized carbons (Fsp3) is 0.179. The number of fused-ring (bicyclic) bond motifs is 2. The molecule has 0 saturated heterocycles. The smallest absolute Gasteiger partial charge is 0.164 e. The van der Waals surface area contributed by atoms with Crippen molar-refractivity contribution in [2.75, 3.05) is 0 Å². The van der Waals surface area contributed by atoms with Gasteiger partial charge in [0.2, 0.25) is 0 Å². The van der Waals surface area contributed by atoms with Crippen molar-refractivity contribution in [3.8, 4) is 62.5 Å². The maximum absolute atomic E-state index is 9.44. The zero-order chi connectivity index (χ0) is 41.3. The highest BCUT2D eigenvalue weighted by Gasteiger charge is 2.59. The Morgan fingerprint density at radius 3 is 1.24 bits per heavy atom. The lowest BCUT2D eigenvalue weighted by molar-refractivity contribution is -0.0268. The molecule has 0 amide bonds. The van der Waals surface area contributed by atoms with Crippen LogP contribution in [0.3, 0.4) is 0 Å². The summed E-state index contributed by atoms with van der Waals surface area (Å²) in [5, 5.41) is 14.8. The van der Waals surface area contributed by atoms with Crippen molar-refractivity contribution in [1.29, 1.82) is 5.26 Å². The minimum absolute atomic E-state index is 0.122.